The van der Waals surface area contributed by atoms with E-state index >= 15 is 0 Å². The molecule has 1 aromatic heterocycles. The van der Waals surface area contributed by atoms with Crippen molar-refractivity contribution in [1.82, 2.24) is 4.90 Å². The molecule has 0 aliphatic rings. The van der Waals surface area contributed by atoms with Crippen molar-refractivity contribution >= 4 is 27.7 Å². The molecule has 9 nitrogen and oxygen atoms in total. The molecule has 0 radical (unpaired) electrons. The van der Waals surface area contributed by atoms with Gasteiger partial charge in [0.25, 0.3) is 0 Å². The van der Waals surface area contributed by atoms with Crippen molar-refractivity contribution in [3.8, 4) is 12.1 Å². The van der Waals surface area contributed by atoms with Crippen LogP contribution >= 0.6 is 11.3 Å². The predicted molar refractivity (Wildman–Crippen MR) is 152 cm³/mol. The molecule has 0 bridgehead atoms. The fourth-order valence-corrected chi connectivity index (χ4v) is 4.47. The van der Waals surface area contributed by atoms with Gasteiger partial charge in [-0.25, -0.2) is 0 Å². The first-order valence-electron chi connectivity index (χ1n) is 12.9. The number of rotatable bonds is 16. The Hall–Kier alpha value is -2.86. The second-order valence-electron chi connectivity index (χ2n) is 9.46. The maximum Gasteiger partial charge on any atom is 0.158 e. The minimum Gasteiger partial charge on any atom is -0.378 e. The molecule has 0 saturated carbocycles. The van der Waals surface area contributed by atoms with Crippen LogP contribution in [0, 0.1) is 36.5 Å². The van der Waals surface area contributed by atoms with Crippen molar-refractivity contribution in [2.24, 2.45) is 10.2 Å². The maximum atomic E-state index is 9.45. The Balaban J connectivity index is 2.09. The third-order valence-electron chi connectivity index (χ3n) is 5.82. The number of nitriles is 2. The molecule has 2 aromatic rings. The lowest BCUT2D eigenvalue weighted by atomic mass is 10.1. The zero-order valence-electron chi connectivity index (χ0n) is 23.7. The monoisotopic (exact) mass is 540 g/mol. The number of benzene rings is 1. The largest absolute Gasteiger partial charge is 0.378 e. The lowest BCUT2D eigenvalue weighted by Crippen LogP contribution is -2.38. The Morgan fingerprint density at radius 1 is 1.03 bits per heavy atom. The Morgan fingerprint density at radius 2 is 1.79 bits per heavy atom. The molecule has 0 aliphatic carbocycles. The highest BCUT2D eigenvalue weighted by Gasteiger charge is 2.17. The lowest BCUT2D eigenvalue weighted by molar-refractivity contribution is -0.0482. The first-order valence-corrected chi connectivity index (χ1v) is 13.7. The minimum atomic E-state index is -0.102. The SMILES string of the molecule is CCN(CC(COC(C)C)OCCOCCN(C)C)c1ccc(N=Nc2sc(C#N)c(C)c2C#N)c(C)c1. The van der Waals surface area contributed by atoms with Gasteiger partial charge in [0.2, 0.25) is 0 Å². The van der Waals surface area contributed by atoms with Gasteiger partial charge in [0.15, 0.2) is 5.00 Å². The van der Waals surface area contributed by atoms with Crippen LogP contribution in [0.3, 0.4) is 0 Å². The Morgan fingerprint density at radius 3 is 2.39 bits per heavy atom. The first-order chi connectivity index (χ1) is 18.2. The van der Waals surface area contributed by atoms with Gasteiger partial charge in [0, 0.05) is 25.3 Å². The van der Waals surface area contributed by atoms with Gasteiger partial charge in [-0.2, -0.15) is 10.5 Å². The summed E-state index contributed by atoms with van der Waals surface area (Å²) in [6.07, 6.45) is 0.0209. The van der Waals surface area contributed by atoms with E-state index in [2.05, 4.69) is 45.2 Å². The topological polar surface area (TPSA) is 106 Å². The summed E-state index contributed by atoms with van der Waals surface area (Å²) >= 11 is 1.18. The molecule has 0 saturated heterocycles. The van der Waals surface area contributed by atoms with Crippen LogP contribution in [0.15, 0.2) is 28.4 Å². The van der Waals surface area contributed by atoms with Gasteiger partial charge in [0.1, 0.15) is 17.0 Å². The van der Waals surface area contributed by atoms with Gasteiger partial charge in [-0.15, -0.1) is 21.6 Å². The fourth-order valence-electron chi connectivity index (χ4n) is 3.59. The first kappa shape index (κ1) is 31.4. The average Bonchev–Trinajstić information content (AvgIpc) is 3.20. The molecule has 0 N–H and O–H groups in total. The van der Waals surface area contributed by atoms with Crippen LogP contribution < -0.4 is 4.90 Å². The van der Waals surface area contributed by atoms with E-state index in [1.165, 1.54) is 11.3 Å². The second-order valence-corrected chi connectivity index (χ2v) is 10.5. The summed E-state index contributed by atoms with van der Waals surface area (Å²) in [5, 5.41) is 27.8. The minimum absolute atomic E-state index is 0.102. The second kappa shape index (κ2) is 16.2. The van der Waals surface area contributed by atoms with E-state index in [1.54, 1.807) is 6.92 Å². The maximum absolute atomic E-state index is 9.45. The lowest BCUT2D eigenvalue weighted by Gasteiger charge is -2.29. The van der Waals surface area contributed by atoms with Gasteiger partial charge >= 0.3 is 0 Å². The van der Waals surface area contributed by atoms with Crippen LogP contribution in [0.2, 0.25) is 0 Å². The van der Waals surface area contributed by atoms with Crippen LogP contribution in [-0.4, -0.2) is 77.3 Å². The quantitative estimate of drug-likeness (QED) is 0.197. The summed E-state index contributed by atoms with van der Waals surface area (Å²) in [6.45, 7) is 14.5. The number of ether oxygens (including phenoxy) is 3. The van der Waals surface area contributed by atoms with Crippen LogP contribution in [0.5, 0.6) is 0 Å². The van der Waals surface area contributed by atoms with Crippen molar-refractivity contribution in [2.75, 3.05) is 65.1 Å². The highest BCUT2D eigenvalue weighted by molar-refractivity contribution is 7.16. The standard InChI is InChI=1S/C28H40N6O3S/c1-8-34(18-24(19-37-20(2)3)36-14-13-35-12-11-33(6)7)23-9-10-26(21(4)15-23)31-32-28-25(16-29)22(5)27(17-30)38-28/h9-10,15,20,24H,8,11-14,18-19H2,1-7H3. The molecule has 0 fully saturated rings. The van der Waals surface area contributed by atoms with E-state index in [0.717, 1.165) is 24.3 Å². The van der Waals surface area contributed by atoms with Gasteiger partial charge in [-0.3, -0.25) is 0 Å². The van der Waals surface area contributed by atoms with E-state index in [0.29, 0.717) is 59.7 Å². The summed E-state index contributed by atoms with van der Waals surface area (Å²) < 4.78 is 17.7. The molecule has 1 heterocycles. The van der Waals surface area contributed by atoms with E-state index < -0.39 is 0 Å². The number of thiophene rings is 1. The highest BCUT2D eigenvalue weighted by Crippen LogP contribution is 2.36. The smallest absolute Gasteiger partial charge is 0.158 e. The van der Waals surface area contributed by atoms with Gasteiger partial charge < -0.3 is 24.0 Å². The highest BCUT2D eigenvalue weighted by atomic mass is 32.1. The molecule has 1 atom stereocenters. The van der Waals surface area contributed by atoms with E-state index in [9.17, 15) is 10.5 Å². The van der Waals surface area contributed by atoms with Crippen molar-refractivity contribution in [1.29, 1.82) is 10.5 Å². The molecular weight excluding hydrogens is 500 g/mol. The zero-order chi connectivity index (χ0) is 28.1. The number of nitrogens with zero attached hydrogens (tertiary/aromatic N) is 6. The summed E-state index contributed by atoms with van der Waals surface area (Å²) in [5.74, 6) is 0. The van der Waals surface area contributed by atoms with Crippen LogP contribution in [0.25, 0.3) is 0 Å². The molecule has 38 heavy (non-hydrogen) atoms. The van der Waals surface area contributed by atoms with Crippen molar-refractivity contribution in [3.63, 3.8) is 0 Å². The number of aryl methyl sites for hydroxylation is 1. The summed E-state index contributed by atoms with van der Waals surface area (Å²) in [7, 11) is 4.05. The molecule has 0 amide bonds. The molecule has 0 aliphatic heterocycles. The molecule has 2 rings (SSSR count). The molecule has 0 spiro atoms. The molecule has 1 unspecified atom stereocenters. The molecule has 10 heteroatoms. The van der Waals surface area contributed by atoms with E-state index in [1.807, 2.05) is 47.0 Å². The van der Waals surface area contributed by atoms with E-state index in [-0.39, 0.29) is 12.2 Å². The van der Waals surface area contributed by atoms with Crippen LogP contribution in [-0.2, 0) is 14.2 Å². The zero-order valence-corrected chi connectivity index (χ0v) is 24.5. The van der Waals surface area contributed by atoms with E-state index in [4.69, 9.17) is 14.2 Å². The number of hydrogen-bond acceptors (Lipinski definition) is 10. The number of likely N-dealkylation sites (N-methyl/N-ethyl adjacent to an activating group) is 2. The van der Waals surface area contributed by atoms with Gasteiger partial charge in [0.05, 0.1) is 49.9 Å². The van der Waals surface area contributed by atoms with Gasteiger partial charge in [-0.05, 0) is 78.0 Å². The predicted octanol–water partition coefficient (Wildman–Crippen LogP) is 5.74. The third-order valence-corrected chi connectivity index (χ3v) is 6.90. The summed E-state index contributed by atoms with van der Waals surface area (Å²) in [4.78, 5) is 4.83. The Kier molecular flexibility index (Phi) is 13.4. The summed E-state index contributed by atoms with van der Waals surface area (Å²) in [5.41, 5.74) is 3.78. The van der Waals surface area contributed by atoms with Crippen LogP contribution in [0.1, 0.15) is 42.3 Å². The van der Waals surface area contributed by atoms with Crippen molar-refractivity contribution in [2.45, 2.75) is 46.8 Å². The molecule has 206 valence electrons. The number of hydrogen-bond donors (Lipinski definition) is 0. The normalized spacial score (nSPS) is 12.3. The Bertz CT molecular complexity index is 1130. The number of azo groups is 1. The van der Waals surface area contributed by atoms with Crippen molar-refractivity contribution < 1.29 is 14.2 Å². The van der Waals surface area contributed by atoms with Crippen molar-refractivity contribution in [3.05, 3.63) is 39.8 Å². The fraction of sp³-hybridized carbons (Fsp3) is 0.571. The molecular formula is C28H40N6O3S. The molecule has 1 aromatic carbocycles. The average molecular weight is 541 g/mol. The third kappa shape index (κ3) is 9.79. The van der Waals surface area contributed by atoms with Crippen LogP contribution in [0.4, 0.5) is 16.4 Å². The summed E-state index contributed by atoms with van der Waals surface area (Å²) in [6, 6.07) is 10.3. The Labute approximate surface area is 231 Å². The van der Waals surface area contributed by atoms with Gasteiger partial charge in [-0.1, -0.05) is 0 Å². The number of anilines is 1.